The first-order chi connectivity index (χ1) is 10.7. The average molecular weight is 334 g/mol. The Morgan fingerprint density at radius 3 is 2.39 bits per heavy atom. The van der Waals surface area contributed by atoms with E-state index in [1.807, 2.05) is 5.32 Å². The van der Waals surface area contributed by atoms with Gasteiger partial charge in [0.05, 0.1) is 18.7 Å². The SMILES string of the molecule is NC(N)=N[C@H]1C=C(C(=O)O)O[C@@H]([C@H](O)[C@H](O)CO)[C@@H]1NC(=O)O. The van der Waals surface area contributed by atoms with E-state index in [4.69, 9.17) is 31.5 Å². The number of carbonyl (C=O) groups is 2. The number of hydrogen-bond donors (Lipinski definition) is 8. The van der Waals surface area contributed by atoms with Crippen LogP contribution in [-0.4, -0.2) is 80.6 Å². The van der Waals surface area contributed by atoms with Crippen LogP contribution in [0, 0.1) is 0 Å². The molecular formula is C11H18N4O8. The van der Waals surface area contributed by atoms with Crippen LogP contribution in [0.1, 0.15) is 0 Å². The number of carboxylic acids is 1. The van der Waals surface area contributed by atoms with Gasteiger partial charge in [0.2, 0.25) is 5.76 Å². The van der Waals surface area contributed by atoms with Gasteiger partial charge in [-0.05, 0) is 6.08 Å². The first-order valence-corrected chi connectivity index (χ1v) is 6.34. The van der Waals surface area contributed by atoms with Crippen LogP contribution in [-0.2, 0) is 9.53 Å². The lowest BCUT2D eigenvalue weighted by atomic mass is 9.92. The van der Waals surface area contributed by atoms with Gasteiger partial charge in [-0.15, -0.1) is 0 Å². The van der Waals surface area contributed by atoms with E-state index in [1.54, 1.807) is 0 Å². The summed E-state index contributed by atoms with van der Waals surface area (Å²) in [5.41, 5.74) is 10.5. The van der Waals surface area contributed by atoms with Gasteiger partial charge in [-0.3, -0.25) is 0 Å². The van der Waals surface area contributed by atoms with Crippen LogP contribution in [0.15, 0.2) is 16.8 Å². The molecule has 1 amide bonds. The average Bonchev–Trinajstić information content (AvgIpc) is 2.45. The summed E-state index contributed by atoms with van der Waals surface area (Å²) in [5, 5.41) is 48.3. The predicted molar refractivity (Wildman–Crippen MR) is 74.2 cm³/mol. The van der Waals surface area contributed by atoms with Crippen LogP contribution in [0.4, 0.5) is 4.79 Å². The van der Waals surface area contributed by atoms with Crippen molar-refractivity contribution in [1.82, 2.24) is 5.32 Å². The molecule has 1 aliphatic heterocycles. The number of rotatable bonds is 6. The molecule has 10 N–H and O–H groups in total. The second kappa shape index (κ2) is 7.62. The Morgan fingerprint density at radius 2 is 1.96 bits per heavy atom. The number of hydrogen-bond acceptors (Lipinski definition) is 7. The van der Waals surface area contributed by atoms with Crippen LogP contribution >= 0.6 is 0 Å². The number of nitrogens with two attached hydrogens (primary N) is 2. The number of aliphatic carboxylic acids is 1. The molecule has 5 atom stereocenters. The lowest BCUT2D eigenvalue weighted by molar-refractivity contribution is -0.144. The van der Waals surface area contributed by atoms with Crippen molar-refractivity contribution in [2.75, 3.05) is 6.61 Å². The summed E-state index contributed by atoms with van der Waals surface area (Å²) < 4.78 is 5.02. The number of nitrogens with one attached hydrogen (secondary N) is 1. The van der Waals surface area contributed by atoms with E-state index in [2.05, 4.69) is 4.99 Å². The molecule has 12 heteroatoms. The second-order valence-electron chi connectivity index (χ2n) is 4.68. The van der Waals surface area contributed by atoms with E-state index in [-0.39, 0.29) is 0 Å². The Labute approximate surface area is 129 Å². The standard InChI is InChI=1S/C11H18N4O8/c12-10(13)14-3-1-5(9(19)20)23-8(6(3)15-11(21)22)7(18)4(17)2-16/h1,3-4,6-8,15-18H,2H2,(H,19,20)(H,21,22)(H4,12,13,14)/t3-,4+,6+,7+,8+/m0/s1. The number of aliphatic hydroxyl groups is 3. The second-order valence-corrected chi connectivity index (χ2v) is 4.68. The van der Waals surface area contributed by atoms with E-state index < -0.39 is 60.8 Å². The fraction of sp³-hybridized carbons (Fsp3) is 0.545. The molecule has 0 saturated carbocycles. The number of aliphatic hydroxyl groups excluding tert-OH is 3. The van der Waals surface area contributed by atoms with E-state index in [0.717, 1.165) is 6.08 Å². The molecule has 0 fully saturated rings. The van der Waals surface area contributed by atoms with Gasteiger partial charge in [-0.1, -0.05) is 0 Å². The molecule has 0 bridgehead atoms. The van der Waals surface area contributed by atoms with Crippen molar-refractivity contribution in [2.24, 2.45) is 16.5 Å². The molecule has 0 radical (unpaired) electrons. The highest BCUT2D eigenvalue weighted by atomic mass is 16.5. The highest BCUT2D eigenvalue weighted by Crippen LogP contribution is 2.24. The number of ether oxygens (including phenoxy) is 1. The Bertz CT molecular complexity index is 518. The normalized spacial score (nSPS) is 26.2. The zero-order chi connectivity index (χ0) is 17.7. The third-order valence-electron chi connectivity index (χ3n) is 3.02. The topological polar surface area (TPSA) is 221 Å². The van der Waals surface area contributed by atoms with Gasteiger partial charge >= 0.3 is 12.1 Å². The van der Waals surface area contributed by atoms with Gasteiger partial charge in [-0.25, -0.2) is 14.6 Å². The van der Waals surface area contributed by atoms with E-state index in [1.165, 1.54) is 0 Å². The van der Waals surface area contributed by atoms with E-state index >= 15 is 0 Å². The number of nitrogens with zero attached hydrogens (tertiary/aromatic N) is 1. The highest BCUT2D eigenvalue weighted by molar-refractivity contribution is 5.85. The van der Waals surface area contributed by atoms with Crippen molar-refractivity contribution in [3.05, 3.63) is 11.8 Å². The molecule has 0 saturated heterocycles. The summed E-state index contributed by atoms with van der Waals surface area (Å²) in [4.78, 5) is 25.7. The monoisotopic (exact) mass is 334 g/mol. The zero-order valence-electron chi connectivity index (χ0n) is 11.7. The summed E-state index contributed by atoms with van der Waals surface area (Å²) in [6, 6.07) is -2.52. The van der Waals surface area contributed by atoms with Crippen molar-refractivity contribution >= 4 is 18.0 Å². The minimum Gasteiger partial charge on any atom is -0.478 e. The molecule has 23 heavy (non-hydrogen) atoms. The minimum atomic E-state index is -1.81. The molecule has 0 aromatic heterocycles. The van der Waals surface area contributed by atoms with Gasteiger partial charge in [0.1, 0.15) is 12.2 Å². The van der Waals surface area contributed by atoms with Gasteiger partial charge in [-0.2, -0.15) is 0 Å². The van der Waals surface area contributed by atoms with Crippen LogP contribution in [0.2, 0.25) is 0 Å². The third kappa shape index (κ3) is 4.70. The van der Waals surface area contributed by atoms with Crippen LogP contribution in [0.3, 0.4) is 0 Å². The minimum absolute atomic E-state index is 0.453. The summed E-state index contributed by atoms with van der Waals surface area (Å²) in [6.07, 6.45) is -5.63. The van der Waals surface area contributed by atoms with Crippen molar-refractivity contribution in [3.8, 4) is 0 Å². The Morgan fingerprint density at radius 1 is 1.35 bits per heavy atom. The fourth-order valence-corrected chi connectivity index (χ4v) is 2.04. The lowest BCUT2D eigenvalue weighted by Crippen LogP contribution is -2.60. The molecule has 0 spiro atoms. The quantitative estimate of drug-likeness (QED) is 0.176. The zero-order valence-corrected chi connectivity index (χ0v) is 11.7. The molecule has 1 heterocycles. The molecule has 1 rings (SSSR count). The number of aliphatic imine (C=N–C) groups is 1. The molecule has 0 aromatic rings. The molecule has 0 unspecified atom stereocenters. The van der Waals surface area contributed by atoms with Crippen molar-refractivity contribution in [1.29, 1.82) is 0 Å². The number of guanidine groups is 1. The number of amides is 1. The van der Waals surface area contributed by atoms with Crippen molar-refractivity contribution in [2.45, 2.75) is 30.4 Å². The predicted octanol–water partition coefficient (Wildman–Crippen LogP) is -3.65. The Balaban J connectivity index is 3.28. The van der Waals surface area contributed by atoms with Crippen LogP contribution in [0.5, 0.6) is 0 Å². The van der Waals surface area contributed by atoms with Gasteiger partial charge in [0, 0.05) is 0 Å². The van der Waals surface area contributed by atoms with Crippen molar-refractivity contribution in [3.63, 3.8) is 0 Å². The van der Waals surface area contributed by atoms with Gasteiger partial charge in [0.15, 0.2) is 12.1 Å². The van der Waals surface area contributed by atoms with Gasteiger partial charge in [0.25, 0.3) is 0 Å². The maximum atomic E-state index is 11.1. The van der Waals surface area contributed by atoms with Crippen LogP contribution in [0.25, 0.3) is 0 Å². The summed E-state index contributed by atoms with van der Waals surface area (Å²) in [6.45, 7) is -0.861. The molecular weight excluding hydrogens is 316 g/mol. The van der Waals surface area contributed by atoms with Gasteiger partial charge < -0.3 is 47.1 Å². The van der Waals surface area contributed by atoms with E-state index in [0.29, 0.717) is 0 Å². The summed E-state index contributed by atoms with van der Waals surface area (Å²) in [7, 11) is 0. The van der Waals surface area contributed by atoms with Crippen molar-refractivity contribution < 1.29 is 39.9 Å². The fourth-order valence-electron chi connectivity index (χ4n) is 2.04. The molecule has 1 aliphatic rings. The maximum absolute atomic E-state index is 11.1. The largest absolute Gasteiger partial charge is 0.478 e. The molecule has 12 nitrogen and oxygen atoms in total. The molecule has 130 valence electrons. The van der Waals surface area contributed by atoms with E-state index in [9.17, 15) is 19.8 Å². The maximum Gasteiger partial charge on any atom is 0.405 e. The highest BCUT2D eigenvalue weighted by Gasteiger charge is 2.44. The first kappa shape index (κ1) is 18.5. The Kier molecular flexibility index (Phi) is 6.12. The lowest BCUT2D eigenvalue weighted by Gasteiger charge is -2.38. The van der Waals surface area contributed by atoms with Crippen LogP contribution < -0.4 is 16.8 Å². The molecule has 0 aromatic carbocycles. The summed E-state index contributed by atoms with van der Waals surface area (Å²) >= 11 is 0. The first-order valence-electron chi connectivity index (χ1n) is 6.34. The molecule has 0 aliphatic carbocycles. The third-order valence-corrected chi connectivity index (χ3v) is 3.02. The number of carboxylic acid groups (broad SMARTS) is 2. The smallest absolute Gasteiger partial charge is 0.405 e. The Hall–Kier alpha value is -2.57. The summed E-state index contributed by atoms with van der Waals surface area (Å²) in [5.74, 6) is -2.60.